The molecule has 1 unspecified atom stereocenters. The van der Waals surface area contributed by atoms with Crippen molar-refractivity contribution in [1.82, 2.24) is 0 Å². The van der Waals surface area contributed by atoms with Crippen LogP contribution in [0.25, 0.3) is 11.1 Å². The van der Waals surface area contributed by atoms with Crippen LogP contribution in [-0.2, 0) is 19.1 Å². The van der Waals surface area contributed by atoms with Crippen molar-refractivity contribution in [3.8, 4) is 16.9 Å². The Labute approximate surface area is 168 Å². The van der Waals surface area contributed by atoms with E-state index in [4.69, 9.17) is 19.9 Å². The second kappa shape index (κ2) is 8.77. The highest BCUT2D eigenvalue weighted by molar-refractivity contribution is 5.93. The highest BCUT2D eigenvalue weighted by atomic mass is 19.1. The molecule has 0 saturated heterocycles. The molecular weight excluding hydrogens is 377 g/mol. The van der Waals surface area contributed by atoms with Gasteiger partial charge in [-0.1, -0.05) is 18.2 Å². The molecule has 1 heterocycles. The average Bonchev–Trinajstić information content (AvgIpc) is 2.68. The third-order valence-corrected chi connectivity index (χ3v) is 4.57. The third kappa shape index (κ3) is 4.39. The summed E-state index contributed by atoms with van der Waals surface area (Å²) in [4.78, 5) is 24.8. The Morgan fingerprint density at radius 1 is 1.03 bits per heavy atom. The Morgan fingerprint density at radius 2 is 1.69 bits per heavy atom. The zero-order valence-electron chi connectivity index (χ0n) is 16.2. The molecule has 29 heavy (non-hydrogen) atoms. The summed E-state index contributed by atoms with van der Waals surface area (Å²) in [6, 6.07) is 11.3. The minimum Gasteiger partial charge on any atom is -0.466 e. The Hall–Kier alpha value is -3.35. The van der Waals surface area contributed by atoms with E-state index in [1.165, 1.54) is 12.1 Å². The van der Waals surface area contributed by atoms with Crippen LogP contribution in [0, 0.1) is 5.82 Å². The van der Waals surface area contributed by atoms with Gasteiger partial charge >= 0.3 is 11.9 Å². The zero-order chi connectivity index (χ0) is 21.0. The van der Waals surface area contributed by atoms with Gasteiger partial charge in [0.2, 0.25) is 5.88 Å². The molecule has 2 aromatic rings. The normalized spacial score (nSPS) is 15.3. The lowest BCUT2D eigenvalue weighted by atomic mass is 9.84. The fourth-order valence-electron chi connectivity index (χ4n) is 3.29. The lowest BCUT2D eigenvalue weighted by Crippen LogP contribution is -2.28. The summed E-state index contributed by atoms with van der Waals surface area (Å²) in [6.45, 7) is 3.76. The van der Waals surface area contributed by atoms with E-state index in [0.717, 1.165) is 11.1 Å². The van der Waals surface area contributed by atoms with Crippen LogP contribution in [0.5, 0.6) is 5.75 Å². The predicted octanol–water partition coefficient (Wildman–Crippen LogP) is 3.66. The number of esters is 2. The van der Waals surface area contributed by atoms with E-state index in [1.54, 1.807) is 44.2 Å². The average molecular weight is 399 g/mol. The topological polar surface area (TPSA) is 87.9 Å². The minimum atomic E-state index is -0.683. The van der Waals surface area contributed by atoms with Crippen molar-refractivity contribution in [2.75, 3.05) is 13.2 Å². The van der Waals surface area contributed by atoms with Crippen LogP contribution in [-0.4, -0.2) is 25.2 Å². The molecule has 7 heteroatoms. The van der Waals surface area contributed by atoms with Crippen molar-refractivity contribution < 1.29 is 28.2 Å². The second-order valence-corrected chi connectivity index (χ2v) is 6.42. The molecule has 6 nitrogen and oxygen atoms in total. The quantitative estimate of drug-likeness (QED) is 0.746. The number of carbonyl (C=O) groups is 2. The number of halogens is 1. The highest BCUT2D eigenvalue weighted by Crippen LogP contribution is 2.42. The number of nitrogens with two attached hydrogens (primary N) is 1. The van der Waals surface area contributed by atoms with Crippen LogP contribution in [0.3, 0.4) is 0 Å². The van der Waals surface area contributed by atoms with E-state index in [0.29, 0.717) is 11.3 Å². The lowest BCUT2D eigenvalue weighted by molar-refractivity contribution is -0.143. The van der Waals surface area contributed by atoms with Crippen molar-refractivity contribution in [2.45, 2.75) is 26.2 Å². The maximum absolute atomic E-state index is 13.3. The van der Waals surface area contributed by atoms with Gasteiger partial charge < -0.3 is 19.9 Å². The Morgan fingerprint density at radius 3 is 2.34 bits per heavy atom. The van der Waals surface area contributed by atoms with Crippen molar-refractivity contribution in [2.24, 2.45) is 5.73 Å². The van der Waals surface area contributed by atoms with Gasteiger partial charge in [-0.15, -0.1) is 0 Å². The van der Waals surface area contributed by atoms with Crippen LogP contribution in [0.15, 0.2) is 53.9 Å². The molecule has 0 aromatic heterocycles. The van der Waals surface area contributed by atoms with E-state index in [2.05, 4.69) is 0 Å². The van der Waals surface area contributed by atoms with Gasteiger partial charge in [-0.05, 0) is 49.2 Å². The van der Waals surface area contributed by atoms with Crippen molar-refractivity contribution in [3.63, 3.8) is 0 Å². The van der Waals surface area contributed by atoms with E-state index < -0.39 is 17.9 Å². The number of benzene rings is 2. The lowest BCUT2D eigenvalue weighted by Gasteiger charge is -2.28. The number of rotatable bonds is 6. The molecule has 152 valence electrons. The number of hydrogen-bond acceptors (Lipinski definition) is 6. The van der Waals surface area contributed by atoms with Crippen LogP contribution in [0.1, 0.15) is 31.7 Å². The van der Waals surface area contributed by atoms with Crippen LogP contribution in [0.2, 0.25) is 0 Å². The summed E-state index contributed by atoms with van der Waals surface area (Å²) < 4.78 is 29.1. The molecule has 0 spiro atoms. The van der Waals surface area contributed by atoms with Gasteiger partial charge in [-0.3, -0.25) is 4.79 Å². The van der Waals surface area contributed by atoms with Crippen molar-refractivity contribution in [1.29, 1.82) is 0 Å². The maximum atomic E-state index is 13.3. The SMILES string of the molecule is CCOC(=O)CC1C(C(=O)OCC)=C(N)Oc2ccc(-c3ccc(F)cc3)cc21. The van der Waals surface area contributed by atoms with Crippen LogP contribution >= 0.6 is 0 Å². The van der Waals surface area contributed by atoms with Crippen molar-refractivity contribution >= 4 is 11.9 Å². The molecule has 3 rings (SSSR count). The van der Waals surface area contributed by atoms with Gasteiger partial charge in [0, 0.05) is 11.5 Å². The number of fused-ring (bicyclic) bond motifs is 1. The first-order valence-electron chi connectivity index (χ1n) is 9.34. The number of hydrogen-bond donors (Lipinski definition) is 1. The Bertz CT molecular complexity index is 952. The van der Waals surface area contributed by atoms with Gasteiger partial charge in [0.15, 0.2) is 0 Å². The summed E-state index contributed by atoms with van der Waals surface area (Å²) in [5.74, 6) is -1.78. The Kier molecular flexibility index (Phi) is 6.16. The zero-order valence-corrected chi connectivity index (χ0v) is 16.2. The summed E-state index contributed by atoms with van der Waals surface area (Å²) in [5, 5.41) is 0. The van der Waals surface area contributed by atoms with Crippen LogP contribution in [0.4, 0.5) is 4.39 Å². The monoisotopic (exact) mass is 399 g/mol. The molecule has 0 fully saturated rings. The summed E-state index contributed by atoms with van der Waals surface area (Å²) in [6.07, 6.45) is -0.0914. The largest absolute Gasteiger partial charge is 0.466 e. The minimum absolute atomic E-state index is 0.0867. The maximum Gasteiger partial charge on any atom is 0.340 e. The first-order chi connectivity index (χ1) is 13.9. The van der Waals surface area contributed by atoms with E-state index in [9.17, 15) is 14.0 Å². The molecule has 0 amide bonds. The second-order valence-electron chi connectivity index (χ2n) is 6.42. The molecule has 1 aliphatic rings. The molecular formula is C22H22FNO5. The standard InChI is InChI=1S/C22H22FNO5/c1-3-27-19(25)12-17-16-11-14(13-5-8-15(23)9-6-13)7-10-18(16)29-21(24)20(17)22(26)28-4-2/h5-11,17H,3-4,12,24H2,1-2H3. The van der Waals surface area contributed by atoms with Gasteiger partial charge in [-0.2, -0.15) is 0 Å². The predicted molar refractivity (Wildman–Crippen MR) is 104 cm³/mol. The first-order valence-corrected chi connectivity index (χ1v) is 9.34. The molecule has 1 atom stereocenters. The number of ether oxygens (including phenoxy) is 3. The molecule has 0 aliphatic carbocycles. The summed E-state index contributed by atoms with van der Waals surface area (Å²) in [7, 11) is 0. The van der Waals surface area contributed by atoms with Gasteiger partial charge in [0.25, 0.3) is 0 Å². The summed E-state index contributed by atoms with van der Waals surface area (Å²) >= 11 is 0. The van der Waals surface area contributed by atoms with Crippen LogP contribution < -0.4 is 10.5 Å². The van der Waals surface area contributed by atoms with E-state index in [1.807, 2.05) is 0 Å². The fourth-order valence-corrected chi connectivity index (χ4v) is 3.29. The van der Waals surface area contributed by atoms with Crippen molar-refractivity contribution in [3.05, 3.63) is 65.3 Å². The molecule has 0 bridgehead atoms. The summed E-state index contributed by atoms with van der Waals surface area (Å²) in [5.41, 5.74) is 8.25. The molecule has 2 N–H and O–H groups in total. The van der Waals surface area contributed by atoms with Gasteiger partial charge in [0.05, 0.1) is 19.6 Å². The van der Waals surface area contributed by atoms with E-state index in [-0.39, 0.29) is 36.9 Å². The third-order valence-electron chi connectivity index (χ3n) is 4.57. The highest BCUT2D eigenvalue weighted by Gasteiger charge is 2.36. The fraction of sp³-hybridized carbons (Fsp3) is 0.273. The van der Waals surface area contributed by atoms with Gasteiger partial charge in [0.1, 0.15) is 17.1 Å². The molecule has 2 aromatic carbocycles. The molecule has 0 saturated carbocycles. The molecule has 0 radical (unpaired) electrons. The smallest absolute Gasteiger partial charge is 0.340 e. The van der Waals surface area contributed by atoms with Gasteiger partial charge in [-0.25, -0.2) is 9.18 Å². The molecule has 1 aliphatic heterocycles. The Balaban J connectivity index is 2.06. The van der Waals surface area contributed by atoms with E-state index >= 15 is 0 Å². The first kappa shape index (κ1) is 20.4. The number of carbonyl (C=O) groups excluding carboxylic acids is 2.